The summed E-state index contributed by atoms with van der Waals surface area (Å²) in [5, 5.41) is 19.5. The number of phenolic OH excluding ortho intramolecular Hbond substituents is 1. The minimum atomic E-state index is 0.244. The van der Waals surface area contributed by atoms with Crippen molar-refractivity contribution >= 4 is 0 Å². The first-order valence-corrected chi connectivity index (χ1v) is 8.83. The van der Waals surface area contributed by atoms with Crippen molar-refractivity contribution in [1.29, 1.82) is 0 Å². The second-order valence-corrected chi connectivity index (χ2v) is 7.27. The van der Waals surface area contributed by atoms with Crippen LogP contribution < -0.4 is 0 Å². The monoisotopic (exact) mass is 320 g/mol. The topological polar surface area (TPSA) is 46.9 Å². The van der Waals surface area contributed by atoms with Gasteiger partial charge in [-0.15, -0.1) is 0 Å². The van der Waals surface area contributed by atoms with Crippen molar-refractivity contribution in [3.05, 3.63) is 28.8 Å². The van der Waals surface area contributed by atoms with Crippen LogP contribution in [0.5, 0.6) is 5.75 Å². The molecule has 1 saturated heterocycles. The molecule has 2 N–H and O–H groups in total. The van der Waals surface area contributed by atoms with Gasteiger partial charge in [0.1, 0.15) is 5.75 Å². The zero-order valence-electron chi connectivity index (χ0n) is 15.0. The van der Waals surface area contributed by atoms with Crippen LogP contribution in [0.15, 0.2) is 12.1 Å². The van der Waals surface area contributed by atoms with Gasteiger partial charge in [0.2, 0.25) is 0 Å². The van der Waals surface area contributed by atoms with Gasteiger partial charge in [0.15, 0.2) is 0 Å². The van der Waals surface area contributed by atoms with Crippen LogP contribution in [-0.4, -0.2) is 59.3 Å². The molecule has 4 heteroatoms. The van der Waals surface area contributed by atoms with Crippen LogP contribution in [0.3, 0.4) is 0 Å². The van der Waals surface area contributed by atoms with E-state index in [0.717, 1.165) is 50.4 Å². The van der Waals surface area contributed by atoms with Crippen molar-refractivity contribution in [3.8, 4) is 5.75 Å². The SMILES string of the molecule is CC(C)c1cc(CN2CCN(CCO)CC2)cc(C(C)C)c1O. The summed E-state index contributed by atoms with van der Waals surface area (Å²) in [6, 6.07) is 4.35. The van der Waals surface area contributed by atoms with Crippen LogP contribution in [0, 0.1) is 0 Å². The third-order valence-corrected chi connectivity index (χ3v) is 4.76. The van der Waals surface area contributed by atoms with Gasteiger partial charge in [-0.1, -0.05) is 39.8 Å². The van der Waals surface area contributed by atoms with Gasteiger partial charge in [0.25, 0.3) is 0 Å². The molecular formula is C19H32N2O2. The first kappa shape index (κ1) is 18.2. The Kier molecular flexibility index (Phi) is 6.45. The quantitative estimate of drug-likeness (QED) is 0.846. The first-order valence-electron chi connectivity index (χ1n) is 8.83. The van der Waals surface area contributed by atoms with E-state index in [1.165, 1.54) is 5.56 Å². The molecule has 23 heavy (non-hydrogen) atoms. The number of rotatable bonds is 6. The highest BCUT2D eigenvalue weighted by molar-refractivity contribution is 5.46. The van der Waals surface area contributed by atoms with Crippen LogP contribution in [0.2, 0.25) is 0 Å². The molecule has 1 heterocycles. The molecule has 4 nitrogen and oxygen atoms in total. The van der Waals surface area contributed by atoms with Crippen LogP contribution in [0.1, 0.15) is 56.2 Å². The van der Waals surface area contributed by atoms with E-state index in [2.05, 4.69) is 49.6 Å². The molecule has 0 aromatic heterocycles. The summed E-state index contributed by atoms with van der Waals surface area (Å²) in [5.41, 5.74) is 3.42. The number of hydrogen-bond donors (Lipinski definition) is 2. The van der Waals surface area contributed by atoms with Gasteiger partial charge in [-0.2, -0.15) is 0 Å². The Morgan fingerprint density at radius 3 is 1.83 bits per heavy atom. The average molecular weight is 320 g/mol. The Labute approximate surface area is 140 Å². The summed E-state index contributed by atoms with van der Waals surface area (Å²) in [5.74, 6) is 1.13. The maximum Gasteiger partial charge on any atom is 0.122 e. The smallest absolute Gasteiger partial charge is 0.122 e. The number of aromatic hydroxyl groups is 1. The number of hydrogen-bond acceptors (Lipinski definition) is 4. The van der Waals surface area contributed by atoms with E-state index in [1.54, 1.807) is 0 Å². The van der Waals surface area contributed by atoms with Crippen LogP contribution in [0.4, 0.5) is 0 Å². The fourth-order valence-corrected chi connectivity index (χ4v) is 3.29. The lowest BCUT2D eigenvalue weighted by Gasteiger charge is -2.34. The summed E-state index contributed by atoms with van der Waals surface area (Å²) in [4.78, 5) is 4.78. The second kappa shape index (κ2) is 8.13. The van der Waals surface area contributed by atoms with Gasteiger partial charge in [0.05, 0.1) is 6.61 Å². The molecule has 1 fully saturated rings. The minimum Gasteiger partial charge on any atom is -0.507 e. The lowest BCUT2D eigenvalue weighted by Crippen LogP contribution is -2.46. The van der Waals surface area contributed by atoms with E-state index < -0.39 is 0 Å². The van der Waals surface area contributed by atoms with E-state index in [0.29, 0.717) is 17.6 Å². The van der Waals surface area contributed by atoms with Gasteiger partial charge in [-0.05, 0) is 28.5 Å². The van der Waals surface area contributed by atoms with Crippen LogP contribution >= 0.6 is 0 Å². The largest absolute Gasteiger partial charge is 0.507 e. The maximum atomic E-state index is 10.5. The minimum absolute atomic E-state index is 0.244. The number of aliphatic hydroxyl groups excluding tert-OH is 1. The van der Waals surface area contributed by atoms with Gasteiger partial charge >= 0.3 is 0 Å². The Bertz CT molecular complexity index is 477. The van der Waals surface area contributed by atoms with Crippen molar-refractivity contribution in [2.75, 3.05) is 39.3 Å². The molecule has 0 saturated carbocycles. The molecule has 1 aromatic rings. The zero-order chi connectivity index (χ0) is 17.0. The highest BCUT2D eigenvalue weighted by atomic mass is 16.3. The Hall–Kier alpha value is -1.10. The van der Waals surface area contributed by atoms with Crippen LogP contribution in [-0.2, 0) is 6.54 Å². The third-order valence-electron chi connectivity index (χ3n) is 4.76. The van der Waals surface area contributed by atoms with Gasteiger partial charge < -0.3 is 10.2 Å². The molecule has 1 aliphatic rings. The number of β-amino-alcohol motifs (C(OH)–C–C–N with tert-alkyl or cyclic N) is 1. The Morgan fingerprint density at radius 1 is 0.913 bits per heavy atom. The van der Waals surface area contributed by atoms with Gasteiger partial charge in [-0.3, -0.25) is 9.80 Å². The number of piperazine rings is 1. The van der Waals surface area contributed by atoms with E-state index >= 15 is 0 Å². The number of benzene rings is 1. The molecule has 0 unspecified atom stereocenters. The predicted molar refractivity (Wildman–Crippen MR) is 95.1 cm³/mol. The van der Waals surface area contributed by atoms with E-state index in [4.69, 9.17) is 5.11 Å². The lowest BCUT2D eigenvalue weighted by atomic mass is 9.91. The Morgan fingerprint density at radius 2 is 1.39 bits per heavy atom. The van der Waals surface area contributed by atoms with Gasteiger partial charge in [-0.25, -0.2) is 0 Å². The first-order chi connectivity index (χ1) is 10.9. The lowest BCUT2D eigenvalue weighted by molar-refractivity contribution is 0.108. The summed E-state index contributed by atoms with van der Waals surface area (Å²) < 4.78 is 0. The normalized spacial score (nSPS) is 17.3. The van der Waals surface area contributed by atoms with Crippen LogP contribution in [0.25, 0.3) is 0 Å². The predicted octanol–water partition coefficient (Wildman–Crippen LogP) is 2.75. The van der Waals surface area contributed by atoms with Crippen molar-refractivity contribution in [2.24, 2.45) is 0 Å². The third kappa shape index (κ3) is 4.69. The number of aliphatic hydroxyl groups is 1. The summed E-state index contributed by atoms with van der Waals surface area (Å²) >= 11 is 0. The summed E-state index contributed by atoms with van der Waals surface area (Å²) in [6.45, 7) is 14.6. The molecular weight excluding hydrogens is 288 g/mol. The fourth-order valence-electron chi connectivity index (χ4n) is 3.29. The van der Waals surface area contributed by atoms with E-state index in [1.807, 2.05) is 0 Å². The highest BCUT2D eigenvalue weighted by Crippen LogP contribution is 2.35. The van der Waals surface area contributed by atoms with Gasteiger partial charge in [0, 0.05) is 39.3 Å². The van der Waals surface area contributed by atoms with Crippen molar-refractivity contribution in [3.63, 3.8) is 0 Å². The standard InChI is InChI=1S/C19H32N2O2/c1-14(2)17-11-16(12-18(15(3)4)19(17)23)13-21-7-5-20(6-8-21)9-10-22/h11-12,14-15,22-23H,5-10,13H2,1-4H3. The van der Waals surface area contributed by atoms with E-state index in [-0.39, 0.29) is 6.61 Å². The average Bonchev–Trinajstić information content (AvgIpc) is 2.50. The highest BCUT2D eigenvalue weighted by Gasteiger charge is 2.19. The summed E-state index contributed by atoms with van der Waals surface area (Å²) in [6.07, 6.45) is 0. The molecule has 0 atom stereocenters. The molecule has 1 aromatic carbocycles. The molecule has 1 aliphatic heterocycles. The van der Waals surface area contributed by atoms with Crippen molar-refractivity contribution in [1.82, 2.24) is 9.80 Å². The molecule has 0 bridgehead atoms. The van der Waals surface area contributed by atoms with Crippen molar-refractivity contribution < 1.29 is 10.2 Å². The molecule has 0 spiro atoms. The summed E-state index contributed by atoms with van der Waals surface area (Å²) in [7, 11) is 0. The zero-order valence-corrected chi connectivity index (χ0v) is 15.0. The fraction of sp³-hybridized carbons (Fsp3) is 0.684. The van der Waals surface area contributed by atoms with Crippen molar-refractivity contribution in [2.45, 2.75) is 46.1 Å². The van der Waals surface area contributed by atoms with E-state index in [9.17, 15) is 5.11 Å². The second-order valence-electron chi connectivity index (χ2n) is 7.27. The molecule has 2 rings (SSSR count). The molecule has 0 radical (unpaired) electrons. The number of nitrogens with zero attached hydrogens (tertiary/aromatic N) is 2. The maximum absolute atomic E-state index is 10.5. The molecule has 0 amide bonds. The molecule has 0 aliphatic carbocycles. The Balaban J connectivity index is 2.11. The molecule has 130 valence electrons. The number of phenols is 1.